The summed E-state index contributed by atoms with van der Waals surface area (Å²) in [6, 6.07) is 66.3. The van der Waals surface area contributed by atoms with Crippen molar-refractivity contribution in [2.45, 2.75) is 0 Å². The third kappa shape index (κ3) is 4.76. The van der Waals surface area contributed by atoms with E-state index in [-0.39, 0.29) is 0 Å². The van der Waals surface area contributed by atoms with Crippen LogP contribution >= 0.6 is 0 Å². The topological polar surface area (TPSA) is 48.5 Å². The predicted molar refractivity (Wildman–Crippen MR) is 222 cm³/mol. The molecule has 0 amide bonds. The number of benzene rings is 8. The SMILES string of the molecule is c1ccc(-c2nc(-c3ccccc3)nc(-c3ccc(-n4c5ccccc5c5ccc6c(c7ccccc7n6-c6ccc7ccccc7c6)c54)cc3)n2)cc1. The summed E-state index contributed by atoms with van der Waals surface area (Å²) < 4.78 is 4.84. The summed E-state index contributed by atoms with van der Waals surface area (Å²) >= 11 is 0. The maximum Gasteiger partial charge on any atom is 0.164 e. The highest BCUT2D eigenvalue weighted by Crippen LogP contribution is 2.42. The fraction of sp³-hybridized carbons (Fsp3) is 0. The molecule has 0 saturated carbocycles. The number of nitrogens with zero attached hydrogens (tertiary/aromatic N) is 5. The molecule has 0 aliphatic heterocycles. The van der Waals surface area contributed by atoms with E-state index in [1.165, 1.54) is 48.9 Å². The molecule has 0 aliphatic rings. The number of hydrogen-bond donors (Lipinski definition) is 0. The molecule has 11 rings (SSSR count). The van der Waals surface area contributed by atoms with E-state index in [1.54, 1.807) is 0 Å². The first-order chi connectivity index (χ1) is 26.8. The van der Waals surface area contributed by atoms with Gasteiger partial charge in [0.25, 0.3) is 0 Å². The van der Waals surface area contributed by atoms with E-state index in [4.69, 9.17) is 15.0 Å². The fourth-order valence-electron chi connectivity index (χ4n) is 8.07. The highest BCUT2D eigenvalue weighted by molar-refractivity contribution is 6.26. The molecule has 0 aliphatic carbocycles. The van der Waals surface area contributed by atoms with Crippen LogP contribution in [0.2, 0.25) is 0 Å². The normalized spacial score (nSPS) is 11.7. The van der Waals surface area contributed by atoms with Gasteiger partial charge in [-0.05, 0) is 65.4 Å². The first kappa shape index (κ1) is 30.3. The summed E-state index contributed by atoms with van der Waals surface area (Å²) in [7, 11) is 0. The number of aromatic nitrogens is 5. The molecule has 0 saturated heterocycles. The van der Waals surface area contributed by atoms with Crippen molar-refractivity contribution >= 4 is 54.4 Å². The van der Waals surface area contributed by atoms with Crippen molar-refractivity contribution in [3.05, 3.63) is 188 Å². The van der Waals surface area contributed by atoms with Crippen molar-refractivity contribution in [1.82, 2.24) is 24.1 Å². The molecule has 5 heteroatoms. The second-order valence-corrected chi connectivity index (χ2v) is 13.7. The zero-order chi connectivity index (χ0) is 35.6. The molecule has 0 unspecified atom stereocenters. The highest BCUT2D eigenvalue weighted by Gasteiger charge is 2.21. The van der Waals surface area contributed by atoms with Crippen molar-refractivity contribution in [3.8, 4) is 45.5 Å². The summed E-state index contributed by atoms with van der Waals surface area (Å²) in [5, 5.41) is 7.35. The van der Waals surface area contributed by atoms with Gasteiger partial charge in [-0.3, -0.25) is 0 Å². The van der Waals surface area contributed by atoms with E-state index in [0.717, 1.165) is 33.6 Å². The summed E-state index contributed by atoms with van der Waals surface area (Å²) in [5.74, 6) is 1.93. The predicted octanol–water partition coefficient (Wildman–Crippen LogP) is 12.2. The lowest BCUT2D eigenvalue weighted by molar-refractivity contribution is 1.07. The summed E-state index contributed by atoms with van der Waals surface area (Å²) in [6.45, 7) is 0. The molecule has 3 aromatic heterocycles. The largest absolute Gasteiger partial charge is 0.309 e. The van der Waals surface area contributed by atoms with Crippen LogP contribution in [-0.2, 0) is 0 Å². The van der Waals surface area contributed by atoms with Gasteiger partial charge in [-0.1, -0.05) is 133 Å². The van der Waals surface area contributed by atoms with Gasteiger partial charge in [0.05, 0.1) is 22.1 Å². The maximum atomic E-state index is 4.99. The minimum Gasteiger partial charge on any atom is -0.309 e. The van der Waals surface area contributed by atoms with E-state index in [0.29, 0.717) is 17.5 Å². The summed E-state index contributed by atoms with van der Waals surface area (Å²) in [6.07, 6.45) is 0. The molecular weight excluding hydrogens is 659 g/mol. The Balaban J connectivity index is 1.13. The van der Waals surface area contributed by atoms with Gasteiger partial charge in [0.1, 0.15) is 0 Å². The molecular formula is C49H31N5. The van der Waals surface area contributed by atoms with Gasteiger partial charge in [-0.25, -0.2) is 15.0 Å². The maximum absolute atomic E-state index is 4.99. The van der Waals surface area contributed by atoms with Crippen LogP contribution in [0.25, 0.3) is 99.9 Å². The van der Waals surface area contributed by atoms with Gasteiger partial charge < -0.3 is 9.13 Å². The smallest absolute Gasteiger partial charge is 0.164 e. The minimum absolute atomic E-state index is 0.636. The average molecular weight is 690 g/mol. The van der Waals surface area contributed by atoms with Crippen LogP contribution in [0.5, 0.6) is 0 Å². The van der Waals surface area contributed by atoms with Crippen LogP contribution in [0.1, 0.15) is 0 Å². The van der Waals surface area contributed by atoms with E-state index in [1.807, 2.05) is 60.7 Å². The zero-order valence-electron chi connectivity index (χ0n) is 29.1. The third-order valence-electron chi connectivity index (χ3n) is 10.5. The molecule has 0 atom stereocenters. The minimum atomic E-state index is 0.636. The Morgan fingerprint density at radius 2 is 0.833 bits per heavy atom. The molecule has 0 fully saturated rings. The highest BCUT2D eigenvalue weighted by atomic mass is 15.0. The Morgan fingerprint density at radius 3 is 1.50 bits per heavy atom. The van der Waals surface area contributed by atoms with Crippen molar-refractivity contribution in [2.75, 3.05) is 0 Å². The monoisotopic (exact) mass is 689 g/mol. The molecule has 11 aromatic rings. The van der Waals surface area contributed by atoms with Gasteiger partial charge >= 0.3 is 0 Å². The van der Waals surface area contributed by atoms with Crippen LogP contribution in [-0.4, -0.2) is 24.1 Å². The second kappa shape index (κ2) is 12.1. The van der Waals surface area contributed by atoms with Crippen LogP contribution in [0, 0.1) is 0 Å². The fourth-order valence-corrected chi connectivity index (χ4v) is 8.07. The van der Waals surface area contributed by atoms with E-state index in [2.05, 4.69) is 137 Å². The quantitative estimate of drug-likeness (QED) is 0.181. The van der Waals surface area contributed by atoms with E-state index in [9.17, 15) is 0 Å². The molecule has 0 N–H and O–H groups in total. The van der Waals surface area contributed by atoms with Gasteiger partial charge in [-0.2, -0.15) is 0 Å². The van der Waals surface area contributed by atoms with Gasteiger partial charge in [-0.15, -0.1) is 0 Å². The Kier molecular flexibility index (Phi) is 6.79. The van der Waals surface area contributed by atoms with Gasteiger partial charge in [0, 0.05) is 49.6 Å². The Hall–Kier alpha value is -7.37. The first-order valence-electron chi connectivity index (χ1n) is 18.2. The Morgan fingerprint density at radius 1 is 0.315 bits per heavy atom. The average Bonchev–Trinajstić information content (AvgIpc) is 3.77. The molecule has 3 heterocycles. The Labute approximate surface area is 311 Å². The summed E-state index contributed by atoms with van der Waals surface area (Å²) in [4.78, 5) is 14.9. The second-order valence-electron chi connectivity index (χ2n) is 13.7. The lowest BCUT2D eigenvalue weighted by atomic mass is 10.1. The van der Waals surface area contributed by atoms with Crippen molar-refractivity contribution in [3.63, 3.8) is 0 Å². The summed E-state index contributed by atoms with van der Waals surface area (Å²) in [5.41, 5.74) is 9.75. The third-order valence-corrected chi connectivity index (χ3v) is 10.5. The van der Waals surface area contributed by atoms with Gasteiger partial charge in [0.15, 0.2) is 17.5 Å². The Bertz CT molecular complexity index is 3140. The molecule has 0 bridgehead atoms. The van der Waals surface area contributed by atoms with Crippen molar-refractivity contribution in [1.29, 1.82) is 0 Å². The molecule has 252 valence electrons. The molecule has 5 nitrogen and oxygen atoms in total. The number of rotatable bonds is 5. The van der Waals surface area contributed by atoms with Crippen LogP contribution in [0.3, 0.4) is 0 Å². The molecule has 54 heavy (non-hydrogen) atoms. The molecule has 8 aromatic carbocycles. The lowest BCUT2D eigenvalue weighted by Gasteiger charge is -2.12. The van der Waals surface area contributed by atoms with Crippen LogP contribution in [0.4, 0.5) is 0 Å². The van der Waals surface area contributed by atoms with Crippen LogP contribution < -0.4 is 0 Å². The molecule has 0 spiro atoms. The lowest BCUT2D eigenvalue weighted by Crippen LogP contribution is -2.00. The molecule has 0 radical (unpaired) electrons. The first-order valence-corrected chi connectivity index (χ1v) is 18.2. The van der Waals surface area contributed by atoms with Crippen molar-refractivity contribution in [2.24, 2.45) is 0 Å². The van der Waals surface area contributed by atoms with E-state index >= 15 is 0 Å². The van der Waals surface area contributed by atoms with Crippen molar-refractivity contribution < 1.29 is 0 Å². The number of fused-ring (bicyclic) bond motifs is 8. The number of para-hydroxylation sites is 2. The van der Waals surface area contributed by atoms with Gasteiger partial charge in [0.2, 0.25) is 0 Å². The van der Waals surface area contributed by atoms with E-state index < -0.39 is 0 Å². The zero-order valence-corrected chi connectivity index (χ0v) is 29.1. The van der Waals surface area contributed by atoms with Crippen LogP contribution in [0.15, 0.2) is 188 Å². The standard InChI is InChI=1S/C49H31N5/c1-3-14-33(15-4-1)47-50-48(34-16-5-2-6-17-34)52-49(51-47)35-24-26-37(27-25-35)54-42-21-11-9-19-39(42)40-29-30-44-45(46(40)54)41-20-10-12-22-43(41)53(44)38-28-23-32-13-7-8-18-36(32)31-38/h1-31H. The number of hydrogen-bond acceptors (Lipinski definition) is 3.